The van der Waals surface area contributed by atoms with Gasteiger partial charge in [0.05, 0.1) is 0 Å². The molecule has 1 N–H and O–H groups in total. The summed E-state index contributed by atoms with van der Waals surface area (Å²) in [7, 11) is 0. The standard InChI is InChI=1S/C13H18BrN/c1-13(7-2-3-8-13)15-10-11-5-4-6-12(14)9-11/h4-6,9,15H,2-3,7-8,10H2,1H3. The number of nitrogens with one attached hydrogen (secondary N) is 1. The predicted molar refractivity (Wildman–Crippen MR) is 67.9 cm³/mol. The summed E-state index contributed by atoms with van der Waals surface area (Å²) in [6.45, 7) is 3.33. The van der Waals surface area contributed by atoms with Gasteiger partial charge in [-0.2, -0.15) is 0 Å². The first-order chi connectivity index (χ1) is 7.18. The Morgan fingerprint density at radius 2 is 2.07 bits per heavy atom. The van der Waals surface area contributed by atoms with Gasteiger partial charge in [-0.1, -0.05) is 40.9 Å². The molecule has 0 amide bonds. The topological polar surface area (TPSA) is 12.0 Å². The molecule has 0 aromatic heterocycles. The second-order valence-electron chi connectivity index (χ2n) is 4.75. The van der Waals surface area contributed by atoms with Crippen molar-refractivity contribution in [2.45, 2.75) is 44.7 Å². The molecule has 1 aliphatic carbocycles. The maximum absolute atomic E-state index is 3.68. The molecule has 15 heavy (non-hydrogen) atoms. The Morgan fingerprint density at radius 1 is 1.33 bits per heavy atom. The first kappa shape index (κ1) is 11.2. The fraction of sp³-hybridized carbons (Fsp3) is 0.538. The zero-order valence-electron chi connectivity index (χ0n) is 9.22. The van der Waals surface area contributed by atoms with Crippen molar-refractivity contribution in [1.29, 1.82) is 0 Å². The third-order valence-electron chi connectivity index (χ3n) is 3.32. The minimum atomic E-state index is 0.377. The molecule has 0 atom stereocenters. The molecular weight excluding hydrogens is 250 g/mol. The van der Waals surface area contributed by atoms with Gasteiger partial charge in [0.15, 0.2) is 0 Å². The minimum absolute atomic E-state index is 0.377. The van der Waals surface area contributed by atoms with Gasteiger partial charge in [0.1, 0.15) is 0 Å². The van der Waals surface area contributed by atoms with Crippen molar-refractivity contribution in [2.24, 2.45) is 0 Å². The molecule has 0 heterocycles. The van der Waals surface area contributed by atoms with E-state index in [-0.39, 0.29) is 0 Å². The van der Waals surface area contributed by atoms with E-state index in [1.807, 2.05) is 0 Å². The fourth-order valence-electron chi connectivity index (χ4n) is 2.29. The van der Waals surface area contributed by atoms with E-state index >= 15 is 0 Å². The molecule has 0 bridgehead atoms. The van der Waals surface area contributed by atoms with Crippen LogP contribution in [0.1, 0.15) is 38.2 Å². The molecule has 1 saturated carbocycles. The van der Waals surface area contributed by atoms with E-state index in [1.54, 1.807) is 0 Å². The van der Waals surface area contributed by atoms with Crippen molar-refractivity contribution in [3.05, 3.63) is 34.3 Å². The normalized spacial score (nSPS) is 19.3. The molecule has 1 fully saturated rings. The third-order valence-corrected chi connectivity index (χ3v) is 3.81. The highest BCUT2D eigenvalue weighted by molar-refractivity contribution is 9.10. The zero-order chi connectivity index (χ0) is 10.7. The SMILES string of the molecule is CC1(NCc2cccc(Br)c2)CCCC1. The molecule has 0 spiro atoms. The summed E-state index contributed by atoms with van der Waals surface area (Å²) in [5.41, 5.74) is 1.74. The summed E-state index contributed by atoms with van der Waals surface area (Å²) >= 11 is 3.50. The van der Waals surface area contributed by atoms with E-state index in [0.29, 0.717) is 5.54 Å². The van der Waals surface area contributed by atoms with Crippen LogP contribution in [-0.2, 0) is 6.54 Å². The van der Waals surface area contributed by atoms with E-state index in [1.165, 1.54) is 35.7 Å². The van der Waals surface area contributed by atoms with Crippen LogP contribution in [0.15, 0.2) is 28.7 Å². The van der Waals surface area contributed by atoms with Crippen LogP contribution in [0.3, 0.4) is 0 Å². The number of rotatable bonds is 3. The number of halogens is 1. The molecule has 1 aromatic rings. The van der Waals surface area contributed by atoms with Gasteiger partial charge in [-0.25, -0.2) is 0 Å². The summed E-state index contributed by atoms with van der Waals surface area (Å²) in [6.07, 6.45) is 5.39. The van der Waals surface area contributed by atoms with Crippen molar-refractivity contribution in [2.75, 3.05) is 0 Å². The Labute approximate surface area is 100 Å². The molecule has 82 valence electrons. The maximum atomic E-state index is 3.68. The van der Waals surface area contributed by atoms with Crippen LogP contribution in [0, 0.1) is 0 Å². The Bertz CT molecular complexity index is 329. The largest absolute Gasteiger partial charge is 0.307 e. The lowest BCUT2D eigenvalue weighted by Gasteiger charge is -2.25. The van der Waals surface area contributed by atoms with Gasteiger partial charge in [0.25, 0.3) is 0 Å². The van der Waals surface area contributed by atoms with Crippen LogP contribution in [0.4, 0.5) is 0 Å². The summed E-state index contributed by atoms with van der Waals surface area (Å²) in [4.78, 5) is 0. The first-order valence-electron chi connectivity index (χ1n) is 5.67. The summed E-state index contributed by atoms with van der Waals surface area (Å²) in [6, 6.07) is 8.53. The van der Waals surface area contributed by atoms with Crippen molar-refractivity contribution < 1.29 is 0 Å². The van der Waals surface area contributed by atoms with Gasteiger partial charge in [-0.15, -0.1) is 0 Å². The minimum Gasteiger partial charge on any atom is -0.307 e. The van der Waals surface area contributed by atoms with E-state index in [9.17, 15) is 0 Å². The Kier molecular flexibility index (Phi) is 3.47. The van der Waals surface area contributed by atoms with Gasteiger partial charge in [0.2, 0.25) is 0 Å². The smallest absolute Gasteiger partial charge is 0.0210 e. The number of benzene rings is 1. The summed E-state index contributed by atoms with van der Waals surface area (Å²) in [5, 5.41) is 3.68. The van der Waals surface area contributed by atoms with Gasteiger partial charge in [0, 0.05) is 16.6 Å². The number of hydrogen-bond acceptors (Lipinski definition) is 1. The average Bonchev–Trinajstić information content (AvgIpc) is 2.63. The Morgan fingerprint density at radius 3 is 2.73 bits per heavy atom. The van der Waals surface area contributed by atoms with Gasteiger partial charge in [-0.05, 0) is 37.5 Å². The molecule has 0 radical (unpaired) electrons. The van der Waals surface area contributed by atoms with Gasteiger partial charge < -0.3 is 5.32 Å². The fourth-order valence-corrected chi connectivity index (χ4v) is 2.74. The lowest BCUT2D eigenvalue weighted by atomic mass is 10.0. The molecular formula is C13H18BrN. The van der Waals surface area contributed by atoms with Crippen molar-refractivity contribution >= 4 is 15.9 Å². The quantitative estimate of drug-likeness (QED) is 0.877. The summed E-state index contributed by atoms with van der Waals surface area (Å²) in [5.74, 6) is 0. The second kappa shape index (κ2) is 4.67. The average molecular weight is 268 g/mol. The lowest BCUT2D eigenvalue weighted by molar-refractivity contribution is 0.363. The summed E-state index contributed by atoms with van der Waals surface area (Å²) < 4.78 is 1.17. The van der Waals surface area contributed by atoms with Crippen molar-refractivity contribution in [3.8, 4) is 0 Å². The van der Waals surface area contributed by atoms with E-state index in [0.717, 1.165) is 6.54 Å². The highest BCUT2D eigenvalue weighted by atomic mass is 79.9. The van der Waals surface area contributed by atoms with Crippen LogP contribution in [0.2, 0.25) is 0 Å². The molecule has 1 nitrogen and oxygen atoms in total. The number of hydrogen-bond donors (Lipinski definition) is 1. The Hall–Kier alpha value is -0.340. The molecule has 2 rings (SSSR count). The van der Waals surface area contributed by atoms with Crippen LogP contribution in [0.5, 0.6) is 0 Å². The first-order valence-corrected chi connectivity index (χ1v) is 6.47. The van der Waals surface area contributed by atoms with E-state index < -0.39 is 0 Å². The predicted octanol–water partition coefficient (Wildman–Crippen LogP) is 3.87. The molecule has 0 saturated heterocycles. The van der Waals surface area contributed by atoms with Gasteiger partial charge >= 0.3 is 0 Å². The van der Waals surface area contributed by atoms with Crippen LogP contribution in [-0.4, -0.2) is 5.54 Å². The second-order valence-corrected chi connectivity index (χ2v) is 5.67. The third kappa shape index (κ3) is 3.05. The van der Waals surface area contributed by atoms with Crippen LogP contribution in [0.25, 0.3) is 0 Å². The molecule has 0 aliphatic heterocycles. The maximum Gasteiger partial charge on any atom is 0.0210 e. The monoisotopic (exact) mass is 267 g/mol. The molecule has 2 heteroatoms. The highest BCUT2D eigenvalue weighted by Gasteiger charge is 2.27. The Balaban J connectivity index is 1.92. The van der Waals surface area contributed by atoms with Crippen LogP contribution < -0.4 is 5.32 Å². The van der Waals surface area contributed by atoms with Crippen molar-refractivity contribution in [3.63, 3.8) is 0 Å². The molecule has 0 unspecified atom stereocenters. The van der Waals surface area contributed by atoms with E-state index in [4.69, 9.17) is 0 Å². The van der Waals surface area contributed by atoms with E-state index in [2.05, 4.69) is 52.4 Å². The van der Waals surface area contributed by atoms with Crippen molar-refractivity contribution in [1.82, 2.24) is 5.32 Å². The highest BCUT2D eigenvalue weighted by Crippen LogP contribution is 2.29. The lowest BCUT2D eigenvalue weighted by Crippen LogP contribution is -2.38. The molecule has 1 aromatic carbocycles. The van der Waals surface area contributed by atoms with Gasteiger partial charge in [-0.3, -0.25) is 0 Å². The van der Waals surface area contributed by atoms with Crippen LogP contribution >= 0.6 is 15.9 Å². The zero-order valence-corrected chi connectivity index (χ0v) is 10.8. The molecule has 1 aliphatic rings.